The molecule has 134 valence electrons. The Labute approximate surface area is 161 Å². The molecule has 0 saturated heterocycles. The zero-order valence-electron chi connectivity index (χ0n) is 15.1. The van der Waals surface area contributed by atoms with E-state index < -0.39 is 0 Å². The first kappa shape index (κ1) is 18.5. The van der Waals surface area contributed by atoms with Crippen LogP contribution in [0.4, 0.5) is 5.13 Å². The second-order valence-electron chi connectivity index (χ2n) is 5.88. The minimum atomic E-state index is -0.226. The van der Waals surface area contributed by atoms with Crippen LogP contribution in [0.1, 0.15) is 21.5 Å². The van der Waals surface area contributed by atoms with Crippen molar-refractivity contribution in [3.8, 4) is 17.0 Å². The molecule has 4 nitrogen and oxygen atoms in total. The normalized spacial score (nSPS) is 10.6. The number of hydrogen-bond donors (Lipinski definition) is 1. The number of methoxy groups -OCH3 is 1. The van der Waals surface area contributed by atoms with Crippen molar-refractivity contribution in [3.63, 3.8) is 0 Å². The van der Waals surface area contributed by atoms with Gasteiger partial charge in [0.2, 0.25) is 0 Å². The summed E-state index contributed by atoms with van der Waals surface area (Å²) in [5.74, 6) is 0.331. The smallest absolute Gasteiger partial charge is 0.261 e. The first-order valence-electron chi connectivity index (χ1n) is 8.08. The minimum absolute atomic E-state index is 0.226. The van der Waals surface area contributed by atoms with Crippen LogP contribution in [-0.4, -0.2) is 24.3 Å². The Kier molecular flexibility index (Phi) is 5.64. The molecule has 1 N–H and O–H groups in total. The van der Waals surface area contributed by atoms with E-state index in [-0.39, 0.29) is 5.91 Å². The van der Waals surface area contributed by atoms with Crippen molar-refractivity contribution in [3.05, 3.63) is 58.5 Å². The van der Waals surface area contributed by atoms with Crippen molar-refractivity contribution in [2.45, 2.75) is 18.7 Å². The quantitative estimate of drug-likeness (QED) is 0.598. The second kappa shape index (κ2) is 7.93. The van der Waals surface area contributed by atoms with Gasteiger partial charge in [-0.15, -0.1) is 23.1 Å². The maximum Gasteiger partial charge on any atom is 0.261 e. The summed E-state index contributed by atoms with van der Waals surface area (Å²) >= 11 is 3.02. The first-order chi connectivity index (χ1) is 12.5. The van der Waals surface area contributed by atoms with Crippen molar-refractivity contribution < 1.29 is 9.53 Å². The zero-order chi connectivity index (χ0) is 18.7. The third-order valence-corrected chi connectivity index (χ3v) is 5.53. The number of anilines is 1. The molecule has 1 aromatic heterocycles. The van der Waals surface area contributed by atoms with E-state index in [0.29, 0.717) is 16.4 Å². The van der Waals surface area contributed by atoms with Gasteiger partial charge in [-0.05, 0) is 49.9 Å². The van der Waals surface area contributed by atoms with Gasteiger partial charge in [0.25, 0.3) is 5.91 Å². The predicted octanol–water partition coefficient (Wildman–Crippen LogP) is 5.41. The van der Waals surface area contributed by atoms with Crippen molar-refractivity contribution in [2.24, 2.45) is 0 Å². The number of ether oxygens (including phenoxy) is 1. The predicted molar refractivity (Wildman–Crippen MR) is 110 cm³/mol. The van der Waals surface area contributed by atoms with Crippen LogP contribution < -0.4 is 10.1 Å². The number of hydrogen-bond acceptors (Lipinski definition) is 5. The van der Waals surface area contributed by atoms with Gasteiger partial charge in [-0.2, -0.15) is 0 Å². The molecule has 26 heavy (non-hydrogen) atoms. The summed E-state index contributed by atoms with van der Waals surface area (Å²) in [5, 5.41) is 5.41. The van der Waals surface area contributed by atoms with Crippen molar-refractivity contribution in [1.29, 1.82) is 0 Å². The van der Waals surface area contributed by atoms with Crippen LogP contribution in [0.3, 0.4) is 0 Å². The average Bonchev–Trinajstić information content (AvgIpc) is 3.11. The lowest BCUT2D eigenvalue weighted by Crippen LogP contribution is -2.13. The lowest BCUT2D eigenvalue weighted by atomic mass is 10.0. The average molecular weight is 385 g/mol. The standard InChI is InChI=1S/C20H20N2O2S2/c1-12-5-6-13(2)16(9-12)17-11-26-20(21-17)22-19(23)15-8-7-14(25-4)10-18(15)24-3/h5-11H,1-4H3,(H,21,22,23). The van der Waals surface area contributed by atoms with E-state index in [1.54, 1.807) is 24.9 Å². The molecule has 0 aliphatic heterocycles. The van der Waals surface area contributed by atoms with Crippen molar-refractivity contribution in [2.75, 3.05) is 18.7 Å². The van der Waals surface area contributed by atoms with Crippen LogP contribution >= 0.6 is 23.1 Å². The van der Waals surface area contributed by atoms with Gasteiger partial charge in [0, 0.05) is 15.8 Å². The van der Waals surface area contributed by atoms with Gasteiger partial charge < -0.3 is 4.74 Å². The summed E-state index contributed by atoms with van der Waals surface area (Å²) in [6.45, 7) is 4.12. The summed E-state index contributed by atoms with van der Waals surface area (Å²) in [4.78, 5) is 18.3. The van der Waals surface area contributed by atoms with E-state index in [1.807, 2.05) is 23.8 Å². The second-order valence-corrected chi connectivity index (χ2v) is 7.61. The summed E-state index contributed by atoms with van der Waals surface area (Å²) in [6, 6.07) is 11.8. The number of amides is 1. The molecule has 0 spiro atoms. The molecular weight excluding hydrogens is 364 g/mol. The maximum absolute atomic E-state index is 12.6. The first-order valence-corrected chi connectivity index (χ1v) is 10.2. The number of thioether (sulfide) groups is 1. The number of carbonyl (C=O) groups excluding carboxylic acids is 1. The summed E-state index contributed by atoms with van der Waals surface area (Å²) < 4.78 is 5.36. The lowest BCUT2D eigenvalue weighted by Gasteiger charge is -2.09. The molecule has 3 aromatic rings. The number of rotatable bonds is 5. The van der Waals surface area contributed by atoms with Gasteiger partial charge in [0.1, 0.15) is 5.75 Å². The molecule has 0 saturated carbocycles. The monoisotopic (exact) mass is 384 g/mol. The highest BCUT2D eigenvalue weighted by Crippen LogP contribution is 2.30. The topological polar surface area (TPSA) is 51.2 Å². The van der Waals surface area contributed by atoms with Gasteiger partial charge in [-0.25, -0.2) is 4.98 Å². The Balaban J connectivity index is 1.83. The van der Waals surface area contributed by atoms with E-state index in [4.69, 9.17) is 4.74 Å². The van der Waals surface area contributed by atoms with Gasteiger partial charge in [0.05, 0.1) is 18.4 Å². The van der Waals surface area contributed by atoms with Crippen LogP contribution in [0.15, 0.2) is 46.7 Å². The Hall–Kier alpha value is -2.31. The van der Waals surface area contributed by atoms with Crippen LogP contribution in [0.5, 0.6) is 5.75 Å². The molecule has 2 aromatic carbocycles. The van der Waals surface area contributed by atoms with Crippen molar-refractivity contribution in [1.82, 2.24) is 4.98 Å². The third kappa shape index (κ3) is 3.92. The van der Waals surface area contributed by atoms with E-state index in [2.05, 4.69) is 42.3 Å². The summed E-state index contributed by atoms with van der Waals surface area (Å²) in [6.07, 6.45) is 1.99. The molecule has 1 heterocycles. The molecule has 0 aliphatic carbocycles. The van der Waals surface area contributed by atoms with E-state index in [0.717, 1.165) is 21.7 Å². The van der Waals surface area contributed by atoms with E-state index in [9.17, 15) is 4.79 Å². The Morgan fingerprint density at radius 2 is 2.00 bits per heavy atom. The molecular formula is C20H20N2O2S2. The number of nitrogens with zero attached hydrogens (tertiary/aromatic N) is 1. The van der Waals surface area contributed by atoms with Crippen molar-refractivity contribution >= 4 is 34.1 Å². The number of aryl methyl sites for hydroxylation is 2. The fraction of sp³-hybridized carbons (Fsp3) is 0.200. The van der Waals surface area contributed by atoms with Crippen LogP contribution in [-0.2, 0) is 0 Å². The molecule has 6 heteroatoms. The number of thiazole rings is 1. The number of aromatic nitrogens is 1. The molecule has 0 radical (unpaired) electrons. The molecule has 1 amide bonds. The van der Waals surface area contributed by atoms with Gasteiger partial charge in [-0.1, -0.05) is 17.7 Å². The molecule has 3 rings (SSSR count). The summed E-state index contributed by atoms with van der Waals surface area (Å²) in [5.41, 5.74) is 4.80. The Morgan fingerprint density at radius 1 is 1.19 bits per heavy atom. The van der Waals surface area contributed by atoms with E-state index in [1.165, 1.54) is 16.9 Å². The molecule has 0 fully saturated rings. The minimum Gasteiger partial charge on any atom is -0.496 e. The molecule has 0 aliphatic rings. The molecule has 0 bridgehead atoms. The maximum atomic E-state index is 12.6. The Bertz CT molecular complexity index is 951. The SMILES string of the molecule is COc1cc(SC)ccc1C(=O)Nc1nc(-c2cc(C)ccc2C)cs1. The molecule has 0 unspecified atom stereocenters. The zero-order valence-corrected chi connectivity index (χ0v) is 16.8. The highest BCUT2D eigenvalue weighted by molar-refractivity contribution is 7.98. The summed E-state index contributed by atoms with van der Waals surface area (Å²) in [7, 11) is 1.57. The van der Waals surface area contributed by atoms with Crippen LogP contribution in [0.2, 0.25) is 0 Å². The lowest BCUT2D eigenvalue weighted by molar-refractivity contribution is 0.102. The Morgan fingerprint density at radius 3 is 2.73 bits per heavy atom. The molecule has 0 atom stereocenters. The van der Waals surface area contributed by atoms with E-state index >= 15 is 0 Å². The van der Waals surface area contributed by atoms with Gasteiger partial charge in [-0.3, -0.25) is 10.1 Å². The third-order valence-electron chi connectivity index (χ3n) is 4.05. The largest absolute Gasteiger partial charge is 0.496 e. The number of benzene rings is 2. The van der Waals surface area contributed by atoms with Crippen LogP contribution in [0.25, 0.3) is 11.3 Å². The fourth-order valence-corrected chi connectivity index (χ4v) is 3.75. The van der Waals surface area contributed by atoms with Gasteiger partial charge >= 0.3 is 0 Å². The highest BCUT2D eigenvalue weighted by Gasteiger charge is 2.15. The van der Waals surface area contributed by atoms with Crippen LogP contribution in [0, 0.1) is 13.8 Å². The number of nitrogens with one attached hydrogen (secondary N) is 1. The fourth-order valence-electron chi connectivity index (χ4n) is 2.62. The number of carbonyl (C=O) groups is 1. The van der Waals surface area contributed by atoms with Gasteiger partial charge in [0.15, 0.2) is 5.13 Å². The highest BCUT2D eigenvalue weighted by atomic mass is 32.2.